The number of nitrogens with two attached hydrogens (primary N) is 1. The van der Waals surface area contributed by atoms with E-state index in [2.05, 4.69) is 0 Å². The molecule has 0 rings (SSSR count). The van der Waals surface area contributed by atoms with Crippen molar-refractivity contribution in [3.8, 4) is 0 Å². The third-order valence-corrected chi connectivity index (χ3v) is 4.18. The van der Waals surface area contributed by atoms with Gasteiger partial charge in [0.15, 0.2) is 0 Å². The van der Waals surface area contributed by atoms with Crippen LogP contribution in [0.1, 0.15) is 19.8 Å². The second-order valence-corrected chi connectivity index (χ2v) is 7.27. The molecule has 12 heteroatoms. The molecule has 2 N–H and O–H groups in total. The zero-order valence-electron chi connectivity index (χ0n) is 22.1. The maximum absolute atomic E-state index is 11.1. The van der Waals surface area contributed by atoms with E-state index in [0.717, 1.165) is 6.42 Å². The maximum atomic E-state index is 11.1. The smallest absolute Gasteiger partial charge is 0.305 e. The lowest BCUT2D eigenvalue weighted by atomic mass is 10.3. The van der Waals surface area contributed by atoms with Crippen molar-refractivity contribution in [3.63, 3.8) is 0 Å². The maximum Gasteiger partial charge on any atom is 0.305 e. The molecular weight excluding hydrogens is 478 g/mol. The van der Waals surface area contributed by atoms with Crippen LogP contribution in [0, 0.1) is 0 Å². The monoisotopic (exact) mass is 527 g/mol. The molecule has 0 bridgehead atoms. The fourth-order valence-corrected chi connectivity index (χ4v) is 2.44. The van der Waals surface area contributed by atoms with Gasteiger partial charge in [0.25, 0.3) is 0 Å². The van der Waals surface area contributed by atoms with E-state index in [-0.39, 0.29) is 12.6 Å². The average molecular weight is 528 g/mol. The van der Waals surface area contributed by atoms with Crippen LogP contribution >= 0.6 is 0 Å². The zero-order valence-corrected chi connectivity index (χ0v) is 22.1. The minimum Gasteiger partial charge on any atom is -0.463 e. The predicted molar refractivity (Wildman–Crippen MR) is 132 cm³/mol. The number of rotatable bonds is 31. The van der Waals surface area contributed by atoms with Crippen molar-refractivity contribution in [2.24, 2.45) is 5.73 Å². The first kappa shape index (κ1) is 35.1. The highest BCUT2D eigenvalue weighted by Crippen LogP contribution is 1.91. The van der Waals surface area contributed by atoms with Crippen LogP contribution < -0.4 is 5.73 Å². The molecule has 0 unspecified atom stereocenters. The van der Waals surface area contributed by atoms with E-state index in [1.165, 1.54) is 0 Å². The molecular formula is C24H49NO11. The molecule has 0 saturated heterocycles. The van der Waals surface area contributed by atoms with Gasteiger partial charge in [-0.25, -0.2) is 0 Å². The fraction of sp³-hybridized carbons (Fsp3) is 0.958. The summed E-state index contributed by atoms with van der Waals surface area (Å²) in [4.78, 5) is 11.1. The summed E-state index contributed by atoms with van der Waals surface area (Å²) in [5, 5.41) is 0. The Hall–Kier alpha value is -0.930. The molecule has 216 valence electrons. The summed E-state index contributed by atoms with van der Waals surface area (Å²) in [5.41, 5.74) is 5.32. The lowest BCUT2D eigenvalue weighted by Gasteiger charge is -2.09. The van der Waals surface area contributed by atoms with E-state index in [9.17, 15) is 4.79 Å². The highest BCUT2D eigenvalue weighted by Gasteiger charge is 2.00. The molecule has 0 heterocycles. The Morgan fingerprint density at radius 2 is 0.694 bits per heavy atom. The van der Waals surface area contributed by atoms with Gasteiger partial charge in [-0.05, 0) is 6.42 Å². The summed E-state index contributed by atoms with van der Waals surface area (Å²) in [6, 6.07) is 0. The second-order valence-electron chi connectivity index (χ2n) is 7.27. The third-order valence-electron chi connectivity index (χ3n) is 4.18. The van der Waals surface area contributed by atoms with Crippen LogP contribution in [0.4, 0.5) is 0 Å². The van der Waals surface area contributed by atoms with Crippen LogP contribution in [-0.2, 0) is 52.2 Å². The zero-order chi connectivity index (χ0) is 26.2. The van der Waals surface area contributed by atoms with Crippen molar-refractivity contribution in [3.05, 3.63) is 0 Å². The Morgan fingerprint density at radius 1 is 0.444 bits per heavy atom. The van der Waals surface area contributed by atoms with Gasteiger partial charge in [0.1, 0.15) is 6.61 Å². The molecule has 0 aliphatic carbocycles. The largest absolute Gasteiger partial charge is 0.463 e. The van der Waals surface area contributed by atoms with Crippen LogP contribution in [0.25, 0.3) is 0 Å². The molecule has 36 heavy (non-hydrogen) atoms. The first-order chi connectivity index (χ1) is 17.8. The fourth-order valence-electron chi connectivity index (χ4n) is 2.44. The molecule has 12 nitrogen and oxygen atoms in total. The van der Waals surface area contributed by atoms with Crippen LogP contribution in [0.3, 0.4) is 0 Å². The van der Waals surface area contributed by atoms with E-state index in [1.54, 1.807) is 0 Å². The molecule has 0 spiro atoms. The van der Waals surface area contributed by atoms with Gasteiger partial charge in [0.2, 0.25) is 0 Å². The minimum atomic E-state index is -0.186. The summed E-state index contributed by atoms with van der Waals surface area (Å²) in [5.74, 6) is -0.186. The Kier molecular flexibility index (Phi) is 31.3. The van der Waals surface area contributed by atoms with Crippen LogP contribution in [0.5, 0.6) is 0 Å². The standard InChI is InChI=1S/C24H49NO11/c1-2-3-24(26)36-23-22-35-21-20-34-19-18-33-17-16-32-15-14-31-13-12-30-11-10-29-9-8-28-7-6-27-5-4-25/h2-23,25H2,1H3. The van der Waals surface area contributed by atoms with Crippen molar-refractivity contribution < 1.29 is 52.2 Å². The third kappa shape index (κ3) is 31.1. The van der Waals surface area contributed by atoms with Gasteiger partial charge in [-0.2, -0.15) is 0 Å². The first-order valence-corrected chi connectivity index (χ1v) is 12.9. The topological polar surface area (TPSA) is 135 Å². The van der Waals surface area contributed by atoms with Crippen LogP contribution in [0.15, 0.2) is 0 Å². The van der Waals surface area contributed by atoms with E-state index in [0.29, 0.717) is 132 Å². The highest BCUT2D eigenvalue weighted by atomic mass is 16.6. The average Bonchev–Trinajstić information content (AvgIpc) is 2.88. The Bertz CT molecular complexity index is 433. The van der Waals surface area contributed by atoms with Crippen LogP contribution in [0.2, 0.25) is 0 Å². The van der Waals surface area contributed by atoms with Crippen LogP contribution in [-0.4, -0.2) is 138 Å². The first-order valence-electron chi connectivity index (χ1n) is 12.9. The number of hydrogen-bond acceptors (Lipinski definition) is 12. The number of ether oxygens (including phenoxy) is 10. The summed E-state index contributed by atoms with van der Waals surface area (Å²) in [7, 11) is 0. The molecule has 0 aromatic rings. The van der Waals surface area contributed by atoms with Gasteiger partial charge in [-0.1, -0.05) is 6.92 Å². The summed E-state index contributed by atoms with van der Waals surface area (Å²) >= 11 is 0. The van der Waals surface area contributed by atoms with Crippen molar-refractivity contribution >= 4 is 5.97 Å². The minimum absolute atomic E-state index is 0.186. The van der Waals surface area contributed by atoms with Gasteiger partial charge in [0.05, 0.1) is 119 Å². The molecule has 0 aromatic carbocycles. The molecule has 0 aromatic heterocycles. The molecule has 0 aliphatic heterocycles. The normalized spacial score (nSPS) is 11.3. The molecule has 0 atom stereocenters. The van der Waals surface area contributed by atoms with Crippen molar-refractivity contribution in [1.82, 2.24) is 0 Å². The van der Waals surface area contributed by atoms with E-state index in [1.807, 2.05) is 6.92 Å². The molecule has 0 fully saturated rings. The van der Waals surface area contributed by atoms with Gasteiger partial charge < -0.3 is 53.1 Å². The van der Waals surface area contributed by atoms with Crippen molar-refractivity contribution in [2.45, 2.75) is 19.8 Å². The quantitative estimate of drug-likeness (QED) is 0.0989. The van der Waals surface area contributed by atoms with Gasteiger partial charge in [0, 0.05) is 13.0 Å². The van der Waals surface area contributed by atoms with Gasteiger partial charge in [-0.3, -0.25) is 4.79 Å². The number of hydrogen-bond donors (Lipinski definition) is 1. The number of esters is 1. The van der Waals surface area contributed by atoms with Gasteiger partial charge >= 0.3 is 5.97 Å². The Labute approximate surface area is 216 Å². The second kappa shape index (κ2) is 32.1. The van der Waals surface area contributed by atoms with Crippen molar-refractivity contribution in [1.29, 1.82) is 0 Å². The molecule has 0 amide bonds. The lowest BCUT2D eigenvalue weighted by molar-refractivity contribution is -0.145. The summed E-state index contributed by atoms with van der Waals surface area (Å²) in [6.45, 7) is 11.8. The summed E-state index contributed by atoms with van der Waals surface area (Å²) < 4.78 is 53.3. The van der Waals surface area contributed by atoms with Gasteiger partial charge in [-0.15, -0.1) is 0 Å². The molecule has 0 radical (unpaired) electrons. The highest BCUT2D eigenvalue weighted by molar-refractivity contribution is 5.69. The number of carbonyl (C=O) groups excluding carboxylic acids is 1. The predicted octanol–water partition coefficient (Wildman–Crippen LogP) is 0.438. The van der Waals surface area contributed by atoms with E-state index >= 15 is 0 Å². The Morgan fingerprint density at radius 3 is 0.944 bits per heavy atom. The lowest BCUT2D eigenvalue weighted by Crippen LogP contribution is -2.15. The SMILES string of the molecule is CCCC(=O)OCCOCCOCCOCCOCCOCCOCCOCCOCCOCCN. The molecule has 0 saturated carbocycles. The number of carbonyl (C=O) groups is 1. The van der Waals surface area contributed by atoms with E-state index < -0.39 is 0 Å². The van der Waals surface area contributed by atoms with E-state index in [4.69, 9.17) is 53.1 Å². The summed E-state index contributed by atoms with van der Waals surface area (Å²) in [6.07, 6.45) is 1.23. The Balaban J connectivity index is 3.04. The van der Waals surface area contributed by atoms with Crippen molar-refractivity contribution in [2.75, 3.05) is 132 Å². The molecule has 0 aliphatic rings.